The number of amides is 1. The molecule has 0 saturated heterocycles. The first-order valence-electron chi connectivity index (χ1n) is 13.8. The van der Waals surface area contributed by atoms with Crippen LogP contribution in [-0.2, 0) is 11.3 Å². The highest BCUT2D eigenvalue weighted by molar-refractivity contribution is 6.07. The molecule has 0 aliphatic heterocycles. The van der Waals surface area contributed by atoms with E-state index < -0.39 is 5.97 Å². The lowest BCUT2D eigenvalue weighted by Crippen LogP contribution is -2.69. The molecule has 3 aliphatic carbocycles. The van der Waals surface area contributed by atoms with Gasteiger partial charge in [-0.25, -0.2) is 0 Å². The van der Waals surface area contributed by atoms with E-state index in [-0.39, 0.29) is 29.2 Å². The number of nitrogens with zero attached hydrogens (tertiary/aromatic N) is 3. The summed E-state index contributed by atoms with van der Waals surface area (Å²) in [5, 5.41) is 19.2. The number of aliphatic carboxylic acids is 1. The van der Waals surface area contributed by atoms with Gasteiger partial charge in [-0.1, -0.05) is 54.6 Å². The number of rotatable bonds is 8. The van der Waals surface area contributed by atoms with Gasteiger partial charge in [0.25, 0.3) is 5.91 Å². The Morgan fingerprint density at radius 3 is 2.48 bits per heavy atom. The van der Waals surface area contributed by atoms with Crippen LogP contribution in [0.2, 0.25) is 0 Å². The number of carbonyl (C=O) groups is 2. The third kappa shape index (κ3) is 4.04. The molecule has 2 heterocycles. The van der Waals surface area contributed by atoms with Crippen LogP contribution in [0.5, 0.6) is 0 Å². The second-order valence-corrected chi connectivity index (χ2v) is 11.8. The maximum Gasteiger partial charge on any atom is 0.303 e. The fraction of sp³-hybridized carbons (Fsp3) is 0.273. The molecular weight excluding hydrogens is 500 g/mol. The van der Waals surface area contributed by atoms with E-state index in [2.05, 4.69) is 29.5 Å². The molecular formula is C33H30N4O3. The minimum atomic E-state index is -0.737. The fourth-order valence-electron chi connectivity index (χ4n) is 7.15. The van der Waals surface area contributed by atoms with Crippen LogP contribution < -0.4 is 5.32 Å². The molecule has 2 N–H and O–H groups in total. The third-order valence-electron chi connectivity index (χ3n) is 9.03. The molecule has 0 unspecified atom stereocenters. The van der Waals surface area contributed by atoms with Crippen molar-refractivity contribution in [1.29, 1.82) is 0 Å². The second kappa shape index (κ2) is 9.01. The van der Waals surface area contributed by atoms with Crippen molar-refractivity contribution < 1.29 is 14.7 Å². The average molecular weight is 531 g/mol. The Bertz CT molecular complexity index is 1770. The molecule has 3 fully saturated rings. The van der Waals surface area contributed by atoms with Crippen molar-refractivity contribution in [2.75, 3.05) is 0 Å². The van der Waals surface area contributed by atoms with E-state index in [0.717, 1.165) is 57.9 Å². The van der Waals surface area contributed by atoms with E-state index in [9.17, 15) is 14.7 Å². The van der Waals surface area contributed by atoms with Gasteiger partial charge >= 0.3 is 5.97 Å². The van der Waals surface area contributed by atoms with Gasteiger partial charge in [0.2, 0.25) is 0 Å². The maximum absolute atomic E-state index is 13.9. The highest BCUT2D eigenvalue weighted by Crippen LogP contribution is 2.76. The van der Waals surface area contributed by atoms with Crippen LogP contribution in [0.1, 0.15) is 48.7 Å². The van der Waals surface area contributed by atoms with E-state index in [1.165, 1.54) is 0 Å². The number of carboxylic acid groups (broad SMARTS) is 1. The minimum Gasteiger partial charge on any atom is -0.481 e. The number of benzene rings is 3. The summed E-state index contributed by atoms with van der Waals surface area (Å²) >= 11 is 0. The SMILES string of the molecule is C[C@H](NC(=O)c1cc(-c2ccccc2)cc2cnn(Cc3ccc4ccccc4n3)c12)C12CC(CC(=O)O)(C1)C2. The summed E-state index contributed by atoms with van der Waals surface area (Å²) in [5.74, 6) is -0.875. The van der Waals surface area contributed by atoms with E-state index in [1.807, 2.05) is 77.6 Å². The first-order valence-corrected chi connectivity index (χ1v) is 13.8. The Morgan fingerprint density at radius 2 is 1.70 bits per heavy atom. The molecule has 1 amide bonds. The summed E-state index contributed by atoms with van der Waals surface area (Å²) < 4.78 is 1.86. The number of carboxylic acids is 1. The van der Waals surface area contributed by atoms with Gasteiger partial charge in [0.1, 0.15) is 0 Å². The van der Waals surface area contributed by atoms with Crippen molar-refractivity contribution in [1.82, 2.24) is 20.1 Å². The number of nitrogens with one attached hydrogen (secondary N) is 1. The lowest BCUT2D eigenvalue weighted by Gasteiger charge is -2.72. The summed E-state index contributed by atoms with van der Waals surface area (Å²) in [6.07, 6.45) is 4.62. The summed E-state index contributed by atoms with van der Waals surface area (Å²) in [5.41, 5.74) is 5.06. The highest BCUT2D eigenvalue weighted by Gasteiger charge is 2.69. The number of aromatic nitrogens is 3. The standard InChI is InChI=1S/C33H30N4O3/c1-21(33-18-32(19-33,20-33)15-29(38)39)35-31(40)27-14-24(22-7-3-2-4-8-22)13-25-16-34-37(30(25)27)17-26-12-11-23-9-5-6-10-28(23)36-26/h2-14,16,21H,15,17-20H2,1H3,(H,35,40)(H,38,39)/t21-,32?,33?/m0/s1. The Kier molecular flexibility index (Phi) is 5.52. The van der Waals surface area contributed by atoms with E-state index in [0.29, 0.717) is 12.1 Å². The number of hydrogen-bond donors (Lipinski definition) is 2. The van der Waals surface area contributed by atoms with Crippen LogP contribution in [0, 0.1) is 10.8 Å². The van der Waals surface area contributed by atoms with Gasteiger partial charge in [-0.3, -0.25) is 19.3 Å². The average Bonchev–Trinajstić information content (AvgIpc) is 3.32. The normalized spacial score (nSPS) is 21.9. The highest BCUT2D eigenvalue weighted by atomic mass is 16.4. The van der Waals surface area contributed by atoms with Gasteiger partial charge in [-0.2, -0.15) is 5.10 Å². The van der Waals surface area contributed by atoms with Gasteiger partial charge in [0.05, 0.1) is 41.5 Å². The summed E-state index contributed by atoms with van der Waals surface area (Å²) in [6, 6.07) is 26.1. The summed E-state index contributed by atoms with van der Waals surface area (Å²) in [4.78, 5) is 30.0. The molecule has 3 saturated carbocycles. The van der Waals surface area contributed by atoms with Crippen LogP contribution >= 0.6 is 0 Å². The Labute approximate surface area is 231 Å². The number of para-hydroxylation sites is 1. The molecule has 7 nitrogen and oxygen atoms in total. The lowest BCUT2D eigenvalue weighted by atomic mass is 9.32. The minimum absolute atomic E-state index is 0.00345. The third-order valence-corrected chi connectivity index (χ3v) is 9.03. The molecule has 2 bridgehead atoms. The molecule has 8 rings (SSSR count). The van der Waals surface area contributed by atoms with Gasteiger partial charge in [0.15, 0.2) is 0 Å². The molecule has 0 spiro atoms. The van der Waals surface area contributed by atoms with Gasteiger partial charge in [-0.15, -0.1) is 0 Å². The van der Waals surface area contributed by atoms with Crippen molar-refractivity contribution in [3.8, 4) is 11.1 Å². The first kappa shape index (κ1) is 24.5. The number of pyridine rings is 1. The molecule has 3 aliphatic rings. The fourth-order valence-corrected chi connectivity index (χ4v) is 7.15. The second-order valence-electron chi connectivity index (χ2n) is 11.8. The Hall–Kier alpha value is -4.52. The van der Waals surface area contributed by atoms with E-state index in [1.54, 1.807) is 0 Å². The molecule has 0 radical (unpaired) electrons. The van der Waals surface area contributed by atoms with Crippen LogP contribution in [0.3, 0.4) is 0 Å². The van der Waals surface area contributed by atoms with Gasteiger partial charge < -0.3 is 10.4 Å². The number of carbonyl (C=O) groups excluding carboxylic acids is 1. The quantitative estimate of drug-likeness (QED) is 0.254. The van der Waals surface area contributed by atoms with Crippen molar-refractivity contribution in [3.63, 3.8) is 0 Å². The smallest absolute Gasteiger partial charge is 0.303 e. The molecule has 7 heteroatoms. The van der Waals surface area contributed by atoms with Gasteiger partial charge in [-0.05, 0) is 72.4 Å². The van der Waals surface area contributed by atoms with Crippen LogP contribution in [0.15, 0.2) is 85.1 Å². The first-order chi connectivity index (χ1) is 19.3. The Morgan fingerprint density at radius 1 is 0.950 bits per heavy atom. The summed E-state index contributed by atoms with van der Waals surface area (Å²) in [6.45, 7) is 2.49. The van der Waals surface area contributed by atoms with Crippen LogP contribution in [0.25, 0.3) is 32.9 Å². The van der Waals surface area contributed by atoms with Crippen LogP contribution in [0.4, 0.5) is 0 Å². The lowest BCUT2D eigenvalue weighted by molar-refractivity contribution is -0.223. The summed E-state index contributed by atoms with van der Waals surface area (Å²) in [7, 11) is 0. The zero-order chi connectivity index (χ0) is 27.5. The molecule has 200 valence electrons. The zero-order valence-electron chi connectivity index (χ0n) is 22.3. The topological polar surface area (TPSA) is 97.1 Å². The molecule has 40 heavy (non-hydrogen) atoms. The molecule has 1 atom stereocenters. The maximum atomic E-state index is 13.9. The van der Waals surface area contributed by atoms with Crippen LogP contribution in [-0.4, -0.2) is 37.8 Å². The van der Waals surface area contributed by atoms with Crippen molar-refractivity contribution in [2.45, 2.75) is 45.2 Å². The molecule has 5 aromatic rings. The predicted molar refractivity (Wildman–Crippen MR) is 154 cm³/mol. The van der Waals surface area contributed by atoms with Crippen molar-refractivity contribution in [3.05, 3.63) is 96.3 Å². The van der Waals surface area contributed by atoms with E-state index in [4.69, 9.17) is 4.98 Å². The monoisotopic (exact) mass is 530 g/mol. The van der Waals surface area contributed by atoms with Crippen molar-refractivity contribution >= 4 is 33.7 Å². The van der Waals surface area contributed by atoms with E-state index >= 15 is 0 Å². The van der Waals surface area contributed by atoms with Gasteiger partial charge in [0, 0.05) is 16.8 Å². The predicted octanol–water partition coefficient (Wildman–Crippen LogP) is 6.06. The number of fused-ring (bicyclic) bond motifs is 2. The van der Waals surface area contributed by atoms with Crippen molar-refractivity contribution in [2.24, 2.45) is 10.8 Å². The molecule has 2 aromatic heterocycles. The zero-order valence-corrected chi connectivity index (χ0v) is 22.3. The Balaban J connectivity index is 1.23. The number of hydrogen-bond acceptors (Lipinski definition) is 4. The molecule has 3 aromatic carbocycles. The largest absolute Gasteiger partial charge is 0.481 e.